The molecule has 1 rings (SSSR count). The van der Waals surface area contributed by atoms with E-state index in [9.17, 15) is 4.39 Å². The lowest BCUT2D eigenvalue weighted by molar-refractivity contribution is 0.154. The predicted octanol–water partition coefficient (Wildman–Crippen LogP) is 2.74. The Morgan fingerprint density at radius 2 is 2.29 bits per heavy atom. The molecule has 1 atom stereocenters. The third-order valence-corrected chi connectivity index (χ3v) is 2.18. The summed E-state index contributed by atoms with van der Waals surface area (Å²) in [7, 11) is 0. The van der Waals surface area contributed by atoms with Gasteiger partial charge < -0.3 is 9.84 Å². The van der Waals surface area contributed by atoms with Crippen molar-refractivity contribution in [1.29, 1.82) is 0 Å². The molecule has 0 aliphatic carbocycles. The van der Waals surface area contributed by atoms with Crippen molar-refractivity contribution in [3.8, 4) is 5.75 Å². The summed E-state index contributed by atoms with van der Waals surface area (Å²) in [6, 6.07) is 4.61. The highest BCUT2D eigenvalue weighted by Crippen LogP contribution is 2.21. The van der Waals surface area contributed by atoms with Gasteiger partial charge in [0.1, 0.15) is 0 Å². The van der Waals surface area contributed by atoms with Gasteiger partial charge in [0, 0.05) is 10.9 Å². The zero-order chi connectivity index (χ0) is 10.6. The summed E-state index contributed by atoms with van der Waals surface area (Å²) in [5, 5.41) is 8.96. The van der Waals surface area contributed by atoms with Gasteiger partial charge in [0.15, 0.2) is 11.6 Å². The number of rotatable bonds is 4. The molecule has 1 aromatic carbocycles. The van der Waals surface area contributed by atoms with Crippen LogP contribution in [0.5, 0.6) is 5.75 Å². The smallest absolute Gasteiger partial charge is 0.166 e. The van der Waals surface area contributed by atoms with Gasteiger partial charge in [0.25, 0.3) is 0 Å². The molecule has 1 unspecified atom stereocenters. The van der Waals surface area contributed by atoms with Crippen LogP contribution in [-0.2, 0) is 0 Å². The van der Waals surface area contributed by atoms with E-state index < -0.39 is 11.9 Å². The van der Waals surface area contributed by atoms with Gasteiger partial charge in [-0.3, -0.25) is 0 Å². The highest BCUT2D eigenvalue weighted by molar-refractivity contribution is 9.10. The minimum atomic E-state index is -0.423. The van der Waals surface area contributed by atoms with Crippen LogP contribution in [-0.4, -0.2) is 17.8 Å². The van der Waals surface area contributed by atoms with Crippen molar-refractivity contribution in [2.75, 3.05) is 6.61 Å². The Labute approximate surface area is 90.8 Å². The Morgan fingerprint density at radius 1 is 1.57 bits per heavy atom. The van der Waals surface area contributed by atoms with Gasteiger partial charge in [0.05, 0.1) is 12.7 Å². The number of halogens is 2. The van der Waals surface area contributed by atoms with Gasteiger partial charge in [-0.15, -0.1) is 0 Å². The van der Waals surface area contributed by atoms with Crippen molar-refractivity contribution in [2.24, 2.45) is 0 Å². The molecule has 0 radical (unpaired) electrons. The first-order valence-corrected chi connectivity index (χ1v) is 5.15. The molecule has 0 saturated heterocycles. The molecule has 1 N–H and O–H groups in total. The van der Waals surface area contributed by atoms with E-state index in [1.54, 1.807) is 19.1 Å². The molecule has 0 aliphatic rings. The van der Waals surface area contributed by atoms with Gasteiger partial charge in [-0.2, -0.15) is 0 Å². The zero-order valence-electron chi connectivity index (χ0n) is 7.84. The monoisotopic (exact) mass is 262 g/mol. The van der Waals surface area contributed by atoms with E-state index in [2.05, 4.69) is 15.9 Å². The molecule has 0 spiro atoms. The van der Waals surface area contributed by atoms with E-state index in [0.717, 1.165) is 0 Å². The highest BCUT2D eigenvalue weighted by atomic mass is 79.9. The van der Waals surface area contributed by atoms with Crippen LogP contribution in [0.3, 0.4) is 0 Å². The summed E-state index contributed by atoms with van der Waals surface area (Å²) in [6.07, 6.45) is 0.0729. The number of aliphatic hydroxyl groups is 1. The summed E-state index contributed by atoms with van der Waals surface area (Å²) < 4.78 is 19.0. The highest BCUT2D eigenvalue weighted by Gasteiger charge is 2.04. The number of aliphatic hydroxyl groups excluding tert-OH is 1. The van der Waals surface area contributed by atoms with Crippen LogP contribution < -0.4 is 4.74 Å². The minimum absolute atomic E-state index is 0.217. The molecule has 4 heteroatoms. The van der Waals surface area contributed by atoms with Crippen molar-refractivity contribution >= 4 is 15.9 Å². The van der Waals surface area contributed by atoms with Crippen LogP contribution in [0.1, 0.15) is 13.3 Å². The third-order valence-electron chi connectivity index (χ3n) is 1.69. The number of ether oxygens (including phenoxy) is 1. The Balaban J connectivity index is 2.51. The fourth-order valence-corrected chi connectivity index (χ4v) is 1.26. The fraction of sp³-hybridized carbons (Fsp3) is 0.400. The number of hydrogen-bond acceptors (Lipinski definition) is 2. The molecule has 0 heterocycles. The van der Waals surface area contributed by atoms with Crippen LogP contribution in [0, 0.1) is 5.82 Å². The molecule has 0 amide bonds. The number of benzene rings is 1. The Hall–Kier alpha value is -0.610. The van der Waals surface area contributed by atoms with E-state index >= 15 is 0 Å². The summed E-state index contributed by atoms with van der Waals surface area (Å²) in [4.78, 5) is 0. The van der Waals surface area contributed by atoms with Crippen LogP contribution in [0.4, 0.5) is 4.39 Å². The van der Waals surface area contributed by atoms with Gasteiger partial charge in [-0.25, -0.2) is 4.39 Å². The first kappa shape index (κ1) is 11.5. The van der Waals surface area contributed by atoms with Crippen molar-refractivity contribution in [3.05, 3.63) is 28.5 Å². The molecular formula is C10H12BrFO2. The Bertz CT molecular complexity index is 302. The summed E-state index contributed by atoms with van der Waals surface area (Å²) in [5.41, 5.74) is 0. The Morgan fingerprint density at radius 3 is 2.86 bits per heavy atom. The maximum atomic E-state index is 13.2. The normalized spacial score (nSPS) is 12.6. The lowest BCUT2D eigenvalue weighted by Crippen LogP contribution is -2.08. The van der Waals surface area contributed by atoms with Crippen LogP contribution in [0.2, 0.25) is 0 Å². The van der Waals surface area contributed by atoms with Crippen molar-refractivity contribution < 1.29 is 14.2 Å². The van der Waals surface area contributed by atoms with Gasteiger partial charge in [0.2, 0.25) is 0 Å². The van der Waals surface area contributed by atoms with E-state index in [4.69, 9.17) is 9.84 Å². The second kappa shape index (κ2) is 5.32. The lowest BCUT2D eigenvalue weighted by Gasteiger charge is -2.08. The molecule has 0 aliphatic heterocycles. The first-order chi connectivity index (χ1) is 6.59. The summed E-state index contributed by atoms with van der Waals surface area (Å²) >= 11 is 3.15. The second-order valence-corrected chi connectivity index (χ2v) is 3.98. The average molecular weight is 263 g/mol. The standard InChI is InChI=1S/C10H12BrFO2/c1-7(13)4-5-14-10-3-2-8(11)6-9(10)12/h2-3,6-7,13H,4-5H2,1H3. The second-order valence-electron chi connectivity index (χ2n) is 3.06. The first-order valence-electron chi connectivity index (χ1n) is 4.35. The fourth-order valence-electron chi connectivity index (χ4n) is 0.932. The van der Waals surface area contributed by atoms with Crippen molar-refractivity contribution in [3.63, 3.8) is 0 Å². The molecule has 14 heavy (non-hydrogen) atoms. The molecule has 0 aromatic heterocycles. The maximum Gasteiger partial charge on any atom is 0.166 e. The quantitative estimate of drug-likeness (QED) is 0.905. The topological polar surface area (TPSA) is 29.5 Å². The Kier molecular flexibility index (Phi) is 4.35. The zero-order valence-corrected chi connectivity index (χ0v) is 9.42. The predicted molar refractivity (Wildman–Crippen MR) is 55.9 cm³/mol. The van der Waals surface area contributed by atoms with Crippen molar-refractivity contribution in [1.82, 2.24) is 0 Å². The third kappa shape index (κ3) is 3.64. The van der Waals surface area contributed by atoms with Gasteiger partial charge in [-0.1, -0.05) is 15.9 Å². The molecule has 0 saturated carbocycles. The van der Waals surface area contributed by atoms with Crippen LogP contribution >= 0.6 is 15.9 Å². The largest absolute Gasteiger partial charge is 0.490 e. The van der Waals surface area contributed by atoms with Crippen LogP contribution in [0.25, 0.3) is 0 Å². The SMILES string of the molecule is CC(O)CCOc1ccc(Br)cc1F. The van der Waals surface area contributed by atoms with E-state index in [-0.39, 0.29) is 5.75 Å². The lowest BCUT2D eigenvalue weighted by atomic mass is 10.3. The van der Waals surface area contributed by atoms with Crippen molar-refractivity contribution in [2.45, 2.75) is 19.4 Å². The maximum absolute atomic E-state index is 13.2. The molecule has 1 aromatic rings. The molecule has 0 fully saturated rings. The molecule has 2 nitrogen and oxygen atoms in total. The minimum Gasteiger partial charge on any atom is -0.490 e. The van der Waals surface area contributed by atoms with Gasteiger partial charge >= 0.3 is 0 Å². The average Bonchev–Trinajstić information content (AvgIpc) is 2.08. The van der Waals surface area contributed by atoms with Gasteiger partial charge in [-0.05, 0) is 25.1 Å². The molecule has 78 valence electrons. The summed E-state index contributed by atoms with van der Waals surface area (Å²) in [6.45, 7) is 1.98. The molecular weight excluding hydrogens is 251 g/mol. The molecule has 0 bridgehead atoms. The number of hydrogen-bond donors (Lipinski definition) is 1. The van der Waals surface area contributed by atoms with Crippen LogP contribution in [0.15, 0.2) is 22.7 Å². The summed E-state index contributed by atoms with van der Waals surface area (Å²) in [5.74, 6) is -0.182. The van der Waals surface area contributed by atoms with E-state index in [1.807, 2.05) is 0 Å². The van der Waals surface area contributed by atoms with E-state index in [0.29, 0.717) is 17.5 Å². The van der Waals surface area contributed by atoms with E-state index in [1.165, 1.54) is 6.07 Å².